The number of carbonyl (C=O) groups is 3. The highest BCUT2D eigenvalue weighted by Crippen LogP contribution is 2.35. The Balaban J connectivity index is 1.85. The normalized spacial score (nSPS) is 12.6. The molecule has 0 unspecified atom stereocenters. The van der Waals surface area contributed by atoms with Crippen LogP contribution >= 0.6 is 0 Å². The third-order valence-electron chi connectivity index (χ3n) is 4.36. The van der Waals surface area contributed by atoms with Crippen LogP contribution in [0.5, 0.6) is 11.5 Å². The molecule has 0 radical (unpaired) electrons. The highest BCUT2D eigenvalue weighted by molar-refractivity contribution is 6.04. The van der Waals surface area contributed by atoms with Crippen molar-refractivity contribution in [3.05, 3.63) is 34.6 Å². The van der Waals surface area contributed by atoms with Gasteiger partial charge in [0.1, 0.15) is 19.8 Å². The molecule has 1 aromatic carbocycles. The molecule has 8 heteroatoms. The fraction of sp³-hybridized carbons (Fsp3) is 0.368. The van der Waals surface area contributed by atoms with Crippen molar-refractivity contribution < 1.29 is 23.9 Å². The number of ether oxygens (including phenoxy) is 2. The monoisotopic (exact) mass is 371 g/mol. The molecule has 8 nitrogen and oxygen atoms in total. The van der Waals surface area contributed by atoms with Crippen LogP contribution in [0, 0.1) is 13.8 Å². The Hall–Kier alpha value is -3.16. The van der Waals surface area contributed by atoms with E-state index in [1.165, 1.54) is 18.5 Å². The van der Waals surface area contributed by atoms with Crippen LogP contribution in [0.25, 0.3) is 0 Å². The van der Waals surface area contributed by atoms with Crippen molar-refractivity contribution in [3.63, 3.8) is 0 Å². The van der Waals surface area contributed by atoms with Gasteiger partial charge in [0.25, 0.3) is 0 Å². The number of ketones is 2. The summed E-state index contributed by atoms with van der Waals surface area (Å²) in [6.45, 7) is 7.09. The highest BCUT2D eigenvalue weighted by Gasteiger charge is 2.21. The number of aromatic nitrogens is 2. The van der Waals surface area contributed by atoms with Crippen LogP contribution in [-0.4, -0.2) is 40.5 Å². The second-order valence-electron chi connectivity index (χ2n) is 6.41. The van der Waals surface area contributed by atoms with Gasteiger partial charge in [0.2, 0.25) is 5.91 Å². The van der Waals surface area contributed by atoms with Crippen molar-refractivity contribution in [3.8, 4) is 11.5 Å². The molecule has 0 aliphatic carbocycles. The maximum Gasteiger partial charge on any atom is 0.246 e. The van der Waals surface area contributed by atoms with Gasteiger partial charge in [-0.05, 0) is 33.8 Å². The molecule has 1 aromatic heterocycles. The number of rotatable bonds is 5. The van der Waals surface area contributed by atoms with E-state index < -0.39 is 0 Å². The summed E-state index contributed by atoms with van der Waals surface area (Å²) in [5.74, 6) is 0.296. The summed E-state index contributed by atoms with van der Waals surface area (Å²) in [6, 6.07) is 3.16. The SMILES string of the molecule is CC(=O)c1cc2c(cc1NC(=O)Cn1nc(C)c(C(C)=O)c1C)OCCO2. The third-order valence-corrected chi connectivity index (χ3v) is 4.36. The largest absolute Gasteiger partial charge is 0.486 e. The minimum Gasteiger partial charge on any atom is -0.486 e. The standard InChI is InChI=1S/C19H21N3O5/c1-10-19(13(4)24)11(2)22(21-10)9-18(25)20-15-8-17-16(26-5-6-27-17)7-14(15)12(3)23/h7-8H,5-6,9H2,1-4H3,(H,20,25). The second kappa shape index (κ2) is 7.22. The lowest BCUT2D eigenvalue weighted by Gasteiger charge is -2.21. The fourth-order valence-electron chi connectivity index (χ4n) is 3.17. The third kappa shape index (κ3) is 3.69. The van der Waals surface area contributed by atoms with Gasteiger partial charge in [-0.15, -0.1) is 0 Å². The quantitative estimate of drug-likeness (QED) is 0.810. The minimum absolute atomic E-state index is 0.0776. The molecule has 0 spiro atoms. The van der Waals surface area contributed by atoms with Gasteiger partial charge in [0.05, 0.1) is 16.9 Å². The number of Topliss-reactive ketones (excluding diaryl/α,β-unsaturated/α-hetero) is 2. The van der Waals surface area contributed by atoms with Crippen LogP contribution in [0.4, 0.5) is 5.69 Å². The molecule has 0 fully saturated rings. The van der Waals surface area contributed by atoms with Crippen LogP contribution in [0.15, 0.2) is 12.1 Å². The molecule has 1 N–H and O–H groups in total. The first kappa shape index (κ1) is 18.6. The average Bonchev–Trinajstić information content (AvgIpc) is 2.87. The summed E-state index contributed by atoms with van der Waals surface area (Å²) in [4.78, 5) is 36.2. The fourth-order valence-corrected chi connectivity index (χ4v) is 3.17. The molecule has 3 rings (SSSR count). The average molecular weight is 371 g/mol. The zero-order valence-corrected chi connectivity index (χ0v) is 15.7. The van der Waals surface area contributed by atoms with Gasteiger partial charge >= 0.3 is 0 Å². The van der Waals surface area contributed by atoms with E-state index in [-0.39, 0.29) is 24.0 Å². The summed E-state index contributed by atoms with van der Waals surface area (Å²) >= 11 is 0. The lowest BCUT2D eigenvalue weighted by atomic mass is 10.1. The topological polar surface area (TPSA) is 99.5 Å². The van der Waals surface area contributed by atoms with Crippen molar-refractivity contribution in [2.45, 2.75) is 34.2 Å². The number of aryl methyl sites for hydroxylation is 1. The molecule has 0 saturated heterocycles. The Bertz CT molecular complexity index is 945. The van der Waals surface area contributed by atoms with Gasteiger partial charge < -0.3 is 14.8 Å². The summed E-state index contributed by atoms with van der Waals surface area (Å²) in [7, 11) is 0. The van der Waals surface area contributed by atoms with E-state index in [0.29, 0.717) is 52.9 Å². The van der Waals surface area contributed by atoms with Gasteiger partial charge in [-0.3, -0.25) is 19.1 Å². The zero-order chi connectivity index (χ0) is 19.7. The van der Waals surface area contributed by atoms with E-state index in [1.807, 2.05) is 0 Å². The number of anilines is 1. The first-order valence-corrected chi connectivity index (χ1v) is 8.57. The van der Waals surface area contributed by atoms with Crippen molar-refractivity contribution in [2.75, 3.05) is 18.5 Å². The number of fused-ring (bicyclic) bond motifs is 1. The smallest absolute Gasteiger partial charge is 0.246 e. The van der Waals surface area contributed by atoms with Gasteiger partial charge in [0, 0.05) is 17.3 Å². The first-order valence-electron chi connectivity index (χ1n) is 8.57. The molecule has 1 aliphatic heterocycles. The molecule has 0 atom stereocenters. The minimum atomic E-state index is -0.366. The number of nitrogens with one attached hydrogen (secondary N) is 1. The van der Waals surface area contributed by atoms with Crippen LogP contribution in [0.3, 0.4) is 0 Å². The van der Waals surface area contributed by atoms with Gasteiger partial charge in [-0.25, -0.2) is 0 Å². The van der Waals surface area contributed by atoms with E-state index in [4.69, 9.17) is 9.47 Å². The van der Waals surface area contributed by atoms with Crippen molar-refractivity contribution >= 4 is 23.2 Å². The molecule has 142 valence electrons. The molecular weight excluding hydrogens is 350 g/mol. The summed E-state index contributed by atoms with van der Waals surface area (Å²) in [5.41, 5.74) is 2.42. The van der Waals surface area contributed by atoms with E-state index >= 15 is 0 Å². The molecule has 1 amide bonds. The predicted octanol–water partition coefficient (Wildman–Crippen LogP) is 2.32. The number of benzene rings is 1. The summed E-state index contributed by atoms with van der Waals surface area (Å²) in [5, 5.41) is 7.00. The molecule has 0 saturated carbocycles. The molecular formula is C19H21N3O5. The molecule has 2 heterocycles. The highest BCUT2D eigenvalue weighted by atomic mass is 16.6. The number of hydrogen-bond acceptors (Lipinski definition) is 6. The van der Waals surface area contributed by atoms with E-state index in [2.05, 4.69) is 10.4 Å². The number of carbonyl (C=O) groups excluding carboxylic acids is 3. The van der Waals surface area contributed by atoms with Gasteiger partial charge in [-0.1, -0.05) is 0 Å². The number of hydrogen-bond donors (Lipinski definition) is 1. The van der Waals surface area contributed by atoms with E-state index in [1.54, 1.807) is 26.0 Å². The Morgan fingerprint density at radius 2 is 1.70 bits per heavy atom. The van der Waals surface area contributed by atoms with Crippen LogP contribution in [0.2, 0.25) is 0 Å². The lowest BCUT2D eigenvalue weighted by molar-refractivity contribution is -0.116. The number of nitrogens with zero attached hydrogens (tertiary/aromatic N) is 2. The second-order valence-corrected chi connectivity index (χ2v) is 6.41. The Morgan fingerprint density at radius 1 is 1.07 bits per heavy atom. The van der Waals surface area contributed by atoms with E-state index in [0.717, 1.165) is 0 Å². The number of amides is 1. The van der Waals surface area contributed by atoms with Gasteiger partial charge in [0.15, 0.2) is 23.1 Å². The van der Waals surface area contributed by atoms with Crippen LogP contribution < -0.4 is 14.8 Å². The van der Waals surface area contributed by atoms with Crippen LogP contribution in [0.1, 0.15) is 46.0 Å². The molecule has 1 aliphatic rings. The molecule has 0 bridgehead atoms. The van der Waals surface area contributed by atoms with Crippen molar-refractivity contribution in [1.29, 1.82) is 0 Å². The maximum absolute atomic E-state index is 12.5. The summed E-state index contributed by atoms with van der Waals surface area (Å²) < 4.78 is 12.5. The summed E-state index contributed by atoms with van der Waals surface area (Å²) in [6.07, 6.45) is 0. The Morgan fingerprint density at radius 3 is 2.26 bits per heavy atom. The molecule has 27 heavy (non-hydrogen) atoms. The predicted molar refractivity (Wildman–Crippen MR) is 97.8 cm³/mol. The van der Waals surface area contributed by atoms with Crippen LogP contribution in [-0.2, 0) is 11.3 Å². The maximum atomic E-state index is 12.5. The Kier molecular flexibility index (Phi) is 4.98. The van der Waals surface area contributed by atoms with Crippen molar-refractivity contribution in [2.24, 2.45) is 0 Å². The Labute approximate surface area is 156 Å². The molecule has 2 aromatic rings. The lowest BCUT2D eigenvalue weighted by Crippen LogP contribution is -2.22. The zero-order valence-electron chi connectivity index (χ0n) is 15.7. The van der Waals surface area contributed by atoms with Crippen molar-refractivity contribution in [1.82, 2.24) is 9.78 Å². The first-order chi connectivity index (χ1) is 12.8. The van der Waals surface area contributed by atoms with E-state index in [9.17, 15) is 14.4 Å². The van der Waals surface area contributed by atoms with Gasteiger partial charge in [-0.2, -0.15) is 5.10 Å².